The van der Waals surface area contributed by atoms with Crippen LogP contribution < -0.4 is 4.74 Å². The standard InChI is InChI=1S/C18H22O3/c1-12-9-14(11-15(10-12)20-13(2)19)18-16(3,4)7-6-8-17(18,5)21-18/h6,8-11H,7H2,1-5H3. The Hall–Kier alpha value is -1.61. The quantitative estimate of drug-likeness (QED) is 0.358. The summed E-state index contributed by atoms with van der Waals surface area (Å²) in [4.78, 5) is 11.2. The lowest BCUT2D eigenvalue weighted by Crippen LogP contribution is -2.38. The molecule has 0 saturated carbocycles. The Morgan fingerprint density at radius 2 is 1.95 bits per heavy atom. The van der Waals surface area contributed by atoms with Crippen LogP contribution in [0.2, 0.25) is 0 Å². The number of hydrogen-bond donors (Lipinski definition) is 0. The van der Waals surface area contributed by atoms with Gasteiger partial charge in [0, 0.05) is 12.3 Å². The van der Waals surface area contributed by atoms with Gasteiger partial charge in [0.05, 0.1) is 0 Å². The molecule has 21 heavy (non-hydrogen) atoms. The molecule has 2 aliphatic rings. The number of carbonyl (C=O) groups excluding carboxylic acids is 1. The van der Waals surface area contributed by atoms with Crippen molar-refractivity contribution in [1.82, 2.24) is 0 Å². The van der Waals surface area contributed by atoms with Crippen molar-refractivity contribution in [3.63, 3.8) is 0 Å². The normalized spacial score (nSPS) is 32.4. The zero-order chi connectivity index (χ0) is 15.5. The first-order valence-corrected chi connectivity index (χ1v) is 7.39. The molecule has 3 heteroatoms. The van der Waals surface area contributed by atoms with Crippen LogP contribution >= 0.6 is 0 Å². The molecule has 0 N–H and O–H groups in total. The van der Waals surface area contributed by atoms with Crippen LogP contribution in [-0.2, 0) is 15.1 Å². The minimum atomic E-state index is -0.338. The molecule has 0 amide bonds. The Balaban J connectivity index is 2.10. The first-order valence-electron chi connectivity index (χ1n) is 7.39. The van der Waals surface area contributed by atoms with E-state index in [2.05, 4.69) is 39.0 Å². The number of benzene rings is 1. The fraction of sp³-hybridized carbons (Fsp3) is 0.500. The van der Waals surface area contributed by atoms with Crippen molar-refractivity contribution in [2.45, 2.75) is 52.2 Å². The molecule has 0 bridgehead atoms. The molecular weight excluding hydrogens is 264 g/mol. The topological polar surface area (TPSA) is 38.8 Å². The van der Waals surface area contributed by atoms with Gasteiger partial charge in [-0.15, -0.1) is 0 Å². The molecule has 0 aromatic heterocycles. The summed E-state index contributed by atoms with van der Waals surface area (Å²) in [5.41, 5.74) is 1.56. The second-order valence-electron chi connectivity index (χ2n) is 7.01. The van der Waals surface area contributed by atoms with E-state index in [1.807, 2.05) is 19.1 Å². The van der Waals surface area contributed by atoms with E-state index in [1.54, 1.807) is 0 Å². The van der Waals surface area contributed by atoms with Crippen LogP contribution in [0.4, 0.5) is 0 Å². The molecule has 1 saturated heterocycles. The van der Waals surface area contributed by atoms with E-state index >= 15 is 0 Å². The second-order valence-corrected chi connectivity index (χ2v) is 7.01. The first-order chi connectivity index (χ1) is 9.70. The van der Waals surface area contributed by atoms with Crippen molar-refractivity contribution in [2.24, 2.45) is 5.41 Å². The number of ether oxygens (including phenoxy) is 2. The van der Waals surface area contributed by atoms with Crippen LogP contribution in [0.15, 0.2) is 30.4 Å². The Morgan fingerprint density at radius 3 is 2.57 bits per heavy atom. The molecule has 0 spiro atoms. The summed E-state index contributed by atoms with van der Waals surface area (Å²) in [5.74, 6) is 0.293. The lowest BCUT2D eigenvalue weighted by molar-refractivity contribution is -0.131. The highest BCUT2D eigenvalue weighted by Gasteiger charge is 2.74. The van der Waals surface area contributed by atoms with Crippen molar-refractivity contribution in [3.8, 4) is 5.75 Å². The van der Waals surface area contributed by atoms with E-state index in [0.717, 1.165) is 17.5 Å². The van der Waals surface area contributed by atoms with E-state index in [4.69, 9.17) is 9.47 Å². The van der Waals surface area contributed by atoms with Crippen molar-refractivity contribution in [3.05, 3.63) is 41.5 Å². The van der Waals surface area contributed by atoms with Gasteiger partial charge in [-0.1, -0.05) is 32.1 Å². The highest BCUT2D eigenvalue weighted by Crippen LogP contribution is 2.69. The molecule has 1 aromatic rings. The molecule has 2 unspecified atom stereocenters. The van der Waals surface area contributed by atoms with Gasteiger partial charge >= 0.3 is 5.97 Å². The van der Waals surface area contributed by atoms with Gasteiger partial charge in [0.2, 0.25) is 0 Å². The van der Waals surface area contributed by atoms with E-state index in [9.17, 15) is 4.79 Å². The van der Waals surface area contributed by atoms with Gasteiger partial charge in [-0.2, -0.15) is 0 Å². The summed E-state index contributed by atoms with van der Waals surface area (Å²) in [6.45, 7) is 10.0. The lowest BCUT2D eigenvalue weighted by atomic mass is 9.64. The van der Waals surface area contributed by atoms with Crippen molar-refractivity contribution < 1.29 is 14.3 Å². The average Bonchev–Trinajstić information content (AvgIpc) is 2.96. The van der Waals surface area contributed by atoms with Gasteiger partial charge in [0.25, 0.3) is 0 Å². The van der Waals surface area contributed by atoms with Crippen molar-refractivity contribution in [1.29, 1.82) is 0 Å². The van der Waals surface area contributed by atoms with Crippen LogP contribution in [0, 0.1) is 12.3 Å². The van der Waals surface area contributed by atoms with Gasteiger partial charge in [-0.05, 0) is 43.5 Å². The van der Waals surface area contributed by atoms with Crippen LogP contribution in [0.25, 0.3) is 0 Å². The number of allylic oxidation sites excluding steroid dienone is 1. The van der Waals surface area contributed by atoms with Gasteiger partial charge in [0.15, 0.2) is 0 Å². The smallest absolute Gasteiger partial charge is 0.308 e. The minimum Gasteiger partial charge on any atom is -0.427 e. The summed E-state index contributed by atoms with van der Waals surface area (Å²) in [6.07, 6.45) is 5.33. The third-order valence-corrected chi connectivity index (χ3v) is 4.76. The third kappa shape index (κ3) is 1.95. The van der Waals surface area contributed by atoms with Crippen molar-refractivity contribution >= 4 is 5.97 Å². The highest BCUT2D eigenvalue weighted by molar-refractivity contribution is 5.69. The van der Waals surface area contributed by atoms with E-state index in [0.29, 0.717) is 5.75 Å². The summed E-state index contributed by atoms with van der Waals surface area (Å²) in [6, 6.07) is 5.96. The van der Waals surface area contributed by atoms with Crippen molar-refractivity contribution in [2.75, 3.05) is 0 Å². The number of rotatable bonds is 2. The first kappa shape index (κ1) is 14.3. The third-order valence-electron chi connectivity index (χ3n) is 4.76. The minimum absolute atomic E-state index is 0.00220. The SMILES string of the molecule is CC(=O)Oc1cc(C)cc(C23OC2(C)C=CCC3(C)C)c1. The van der Waals surface area contributed by atoms with Gasteiger partial charge < -0.3 is 9.47 Å². The predicted octanol–water partition coefficient (Wildman–Crippen LogP) is 3.89. The lowest BCUT2D eigenvalue weighted by Gasteiger charge is -2.36. The zero-order valence-electron chi connectivity index (χ0n) is 13.3. The van der Waals surface area contributed by atoms with E-state index < -0.39 is 0 Å². The summed E-state index contributed by atoms with van der Waals surface area (Å²) < 4.78 is 11.5. The maximum absolute atomic E-state index is 11.2. The number of epoxide rings is 1. The van der Waals surface area contributed by atoms with Crippen LogP contribution in [0.1, 0.15) is 45.2 Å². The Labute approximate surface area is 125 Å². The Kier molecular flexibility index (Phi) is 2.87. The van der Waals surface area contributed by atoms with E-state index in [1.165, 1.54) is 6.92 Å². The molecule has 112 valence electrons. The predicted molar refractivity (Wildman–Crippen MR) is 81.2 cm³/mol. The molecule has 2 atom stereocenters. The molecule has 0 radical (unpaired) electrons. The number of hydrogen-bond acceptors (Lipinski definition) is 3. The number of aryl methyl sites for hydroxylation is 1. The second kappa shape index (κ2) is 4.20. The number of carbonyl (C=O) groups is 1. The van der Waals surface area contributed by atoms with E-state index in [-0.39, 0.29) is 22.6 Å². The fourth-order valence-corrected chi connectivity index (χ4v) is 3.89. The van der Waals surface area contributed by atoms with Gasteiger partial charge in [0.1, 0.15) is 17.0 Å². The zero-order valence-corrected chi connectivity index (χ0v) is 13.3. The largest absolute Gasteiger partial charge is 0.427 e. The molecule has 3 rings (SSSR count). The number of fused-ring (bicyclic) bond motifs is 1. The van der Waals surface area contributed by atoms with Crippen LogP contribution in [0.5, 0.6) is 5.75 Å². The maximum atomic E-state index is 11.2. The molecule has 1 aliphatic carbocycles. The van der Waals surface area contributed by atoms with Gasteiger partial charge in [-0.3, -0.25) is 4.79 Å². The summed E-state index contributed by atoms with van der Waals surface area (Å²) >= 11 is 0. The maximum Gasteiger partial charge on any atom is 0.308 e. The summed E-state index contributed by atoms with van der Waals surface area (Å²) in [7, 11) is 0. The van der Waals surface area contributed by atoms with Gasteiger partial charge in [-0.25, -0.2) is 0 Å². The Bertz CT molecular complexity index is 644. The summed E-state index contributed by atoms with van der Waals surface area (Å²) in [5, 5.41) is 0. The molecule has 1 fully saturated rings. The fourth-order valence-electron chi connectivity index (χ4n) is 3.89. The molecule has 3 nitrogen and oxygen atoms in total. The Morgan fingerprint density at radius 1 is 1.24 bits per heavy atom. The molecule has 1 aliphatic heterocycles. The molecule has 1 aromatic carbocycles. The highest BCUT2D eigenvalue weighted by atomic mass is 16.6. The monoisotopic (exact) mass is 286 g/mol. The number of esters is 1. The molecule has 1 heterocycles. The van der Waals surface area contributed by atoms with Crippen LogP contribution in [0.3, 0.4) is 0 Å². The molecular formula is C18H22O3. The van der Waals surface area contributed by atoms with Crippen LogP contribution in [-0.4, -0.2) is 11.6 Å². The average molecular weight is 286 g/mol.